The minimum absolute atomic E-state index is 0. The molecule has 28 heavy (non-hydrogen) atoms. The number of hydrogen-bond donors (Lipinski definition) is 2. The molecule has 0 radical (unpaired) electrons. The largest absolute Gasteiger partial charge is 0.465 e. The first kappa shape index (κ1) is 23.7. The van der Waals surface area contributed by atoms with E-state index >= 15 is 0 Å². The van der Waals surface area contributed by atoms with Gasteiger partial charge in [0, 0.05) is 19.6 Å². The Bertz CT molecular complexity index is 644. The van der Waals surface area contributed by atoms with E-state index in [1.165, 1.54) is 0 Å². The van der Waals surface area contributed by atoms with E-state index in [1.54, 1.807) is 11.8 Å². The number of ether oxygens (including phenoxy) is 2. The molecule has 0 aliphatic carbocycles. The Morgan fingerprint density at radius 3 is 2.64 bits per heavy atom. The van der Waals surface area contributed by atoms with Crippen LogP contribution >= 0.6 is 12.4 Å². The van der Waals surface area contributed by atoms with Crippen LogP contribution in [-0.2, 0) is 25.7 Å². The van der Waals surface area contributed by atoms with Crippen molar-refractivity contribution in [3.05, 3.63) is 35.9 Å². The monoisotopic (exact) mass is 413 g/mol. The Morgan fingerprint density at radius 2 is 1.96 bits per heavy atom. The summed E-state index contributed by atoms with van der Waals surface area (Å²) in [4.78, 5) is 37.6. The second kappa shape index (κ2) is 12.2. The van der Waals surface area contributed by atoms with Gasteiger partial charge in [0.25, 0.3) is 0 Å². The summed E-state index contributed by atoms with van der Waals surface area (Å²) in [7, 11) is 0. The minimum Gasteiger partial charge on any atom is -0.465 e. The van der Waals surface area contributed by atoms with Gasteiger partial charge in [-0.1, -0.05) is 30.3 Å². The van der Waals surface area contributed by atoms with E-state index in [-0.39, 0.29) is 50.5 Å². The smallest absolute Gasteiger partial charge is 0.410 e. The average Bonchev–Trinajstić information content (AvgIpc) is 2.71. The zero-order valence-corrected chi connectivity index (χ0v) is 16.8. The van der Waals surface area contributed by atoms with Crippen LogP contribution in [0.2, 0.25) is 0 Å². The molecule has 1 fully saturated rings. The van der Waals surface area contributed by atoms with E-state index in [4.69, 9.17) is 15.2 Å². The van der Waals surface area contributed by atoms with Gasteiger partial charge in [0.2, 0.25) is 5.91 Å². The number of piperidine rings is 1. The van der Waals surface area contributed by atoms with Crippen molar-refractivity contribution in [1.29, 1.82) is 0 Å². The van der Waals surface area contributed by atoms with Crippen molar-refractivity contribution >= 4 is 30.4 Å². The number of nitrogens with one attached hydrogen (secondary N) is 1. The fraction of sp³-hybridized carbons (Fsp3) is 0.526. The van der Waals surface area contributed by atoms with Gasteiger partial charge in [0.15, 0.2) is 0 Å². The molecule has 0 spiro atoms. The van der Waals surface area contributed by atoms with Gasteiger partial charge in [-0.15, -0.1) is 12.4 Å². The highest BCUT2D eigenvalue weighted by molar-refractivity contribution is 5.85. The Kier molecular flexibility index (Phi) is 10.3. The molecule has 0 bridgehead atoms. The van der Waals surface area contributed by atoms with Gasteiger partial charge < -0.3 is 25.4 Å². The molecule has 1 heterocycles. The summed E-state index contributed by atoms with van der Waals surface area (Å²) < 4.78 is 10.1. The highest BCUT2D eigenvalue weighted by Gasteiger charge is 2.29. The van der Waals surface area contributed by atoms with Crippen LogP contribution in [0, 0.1) is 5.92 Å². The lowest BCUT2D eigenvalue weighted by Gasteiger charge is -2.31. The summed E-state index contributed by atoms with van der Waals surface area (Å²) in [5, 5.41) is 2.67. The predicted molar refractivity (Wildman–Crippen MR) is 106 cm³/mol. The second-order valence-electron chi connectivity index (χ2n) is 6.43. The van der Waals surface area contributed by atoms with Crippen LogP contribution in [-0.4, -0.2) is 55.2 Å². The van der Waals surface area contributed by atoms with E-state index < -0.39 is 18.1 Å². The third-order valence-corrected chi connectivity index (χ3v) is 4.34. The van der Waals surface area contributed by atoms with Crippen LogP contribution in [0.4, 0.5) is 4.79 Å². The van der Waals surface area contributed by atoms with E-state index in [0.717, 1.165) is 5.56 Å². The quantitative estimate of drug-likeness (QED) is 0.655. The Labute approximate surface area is 171 Å². The number of halogens is 1. The zero-order valence-electron chi connectivity index (χ0n) is 16.0. The van der Waals surface area contributed by atoms with Crippen molar-refractivity contribution in [1.82, 2.24) is 10.2 Å². The van der Waals surface area contributed by atoms with Crippen LogP contribution in [0.3, 0.4) is 0 Å². The standard InChI is InChI=1S/C19H27N3O5.ClH/c1-2-26-18(24)16(20)11-21-17(23)15-9-6-10-22(12-15)19(25)27-13-14-7-4-3-5-8-14;/h3-5,7-8,15-16H,2,6,9-13,20H2,1H3,(H,21,23);1H/t15-,16+;/m1./s1. The molecule has 3 N–H and O–H groups in total. The molecule has 1 saturated heterocycles. The first-order chi connectivity index (χ1) is 13.0. The lowest BCUT2D eigenvalue weighted by Crippen LogP contribution is -2.49. The molecule has 2 rings (SSSR count). The highest BCUT2D eigenvalue weighted by atomic mass is 35.5. The van der Waals surface area contributed by atoms with Crippen molar-refractivity contribution in [3.8, 4) is 0 Å². The molecule has 9 heteroatoms. The molecule has 1 aromatic rings. The molecule has 1 aliphatic heterocycles. The molecule has 0 aromatic heterocycles. The molecule has 1 aliphatic rings. The summed E-state index contributed by atoms with van der Waals surface area (Å²) in [6.07, 6.45) is 0.949. The first-order valence-electron chi connectivity index (χ1n) is 9.16. The van der Waals surface area contributed by atoms with Crippen LogP contribution in [0.5, 0.6) is 0 Å². The Balaban J connectivity index is 0.00000392. The van der Waals surface area contributed by atoms with E-state index in [0.29, 0.717) is 19.4 Å². The number of benzene rings is 1. The van der Waals surface area contributed by atoms with E-state index in [1.807, 2.05) is 30.3 Å². The molecule has 8 nitrogen and oxygen atoms in total. The van der Waals surface area contributed by atoms with Crippen molar-refractivity contribution in [2.24, 2.45) is 11.7 Å². The molecule has 2 atom stereocenters. The van der Waals surface area contributed by atoms with E-state index in [2.05, 4.69) is 5.32 Å². The number of rotatable bonds is 7. The molecular weight excluding hydrogens is 386 g/mol. The number of nitrogens with zero attached hydrogens (tertiary/aromatic N) is 1. The van der Waals surface area contributed by atoms with Crippen molar-refractivity contribution < 1.29 is 23.9 Å². The molecule has 1 aromatic carbocycles. The van der Waals surface area contributed by atoms with Crippen molar-refractivity contribution in [2.45, 2.75) is 32.4 Å². The molecule has 0 saturated carbocycles. The van der Waals surface area contributed by atoms with Crippen LogP contribution in [0.1, 0.15) is 25.3 Å². The molecular formula is C19H28ClN3O5. The number of nitrogens with two attached hydrogens (primary N) is 1. The van der Waals surface area contributed by atoms with Gasteiger partial charge in [0.1, 0.15) is 12.6 Å². The Morgan fingerprint density at radius 1 is 1.25 bits per heavy atom. The summed E-state index contributed by atoms with van der Waals surface area (Å²) in [6.45, 7) is 2.97. The van der Waals surface area contributed by atoms with Crippen LogP contribution in [0.25, 0.3) is 0 Å². The summed E-state index contributed by atoms with van der Waals surface area (Å²) >= 11 is 0. The Hall–Kier alpha value is -2.32. The number of hydrogen-bond acceptors (Lipinski definition) is 6. The second-order valence-corrected chi connectivity index (χ2v) is 6.43. The lowest BCUT2D eigenvalue weighted by molar-refractivity contribution is -0.144. The third-order valence-electron chi connectivity index (χ3n) is 4.34. The van der Waals surface area contributed by atoms with Crippen LogP contribution < -0.4 is 11.1 Å². The predicted octanol–water partition coefficient (Wildman–Crippen LogP) is 1.46. The summed E-state index contributed by atoms with van der Waals surface area (Å²) in [5.74, 6) is -1.12. The van der Waals surface area contributed by atoms with Crippen LogP contribution in [0.15, 0.2) is 30.3 Å². The van der Waals surface area contributed by atoms with Gasteiger partial charge >= 0.3 is 12.1 Å². The summed E-state index contributed by atoms with van der Waals surface area (Å²) in [6, 6.07) is 8.52. The van der Waals surface area contributed by atoms with E-state index in [9.17, 15) is 14.4 Å². The fourth-order valence-corrected chi connectivity index (χ4v) is 2.86. The van der Waals surface area contributed by atoms with Crippen molar-refractivity contribution in [3.63, 3.8) is 0 Å². The summed E-state index contributed by atoms with van der Waals surface area (Å²) in [5.41, 5.74) is 6.59. The fourth-order valence-electron chi connectivity index (χ4n) is 2.86. The van der Waals surface area contributed by atoms with Gasteiger partial charge in [-0.05, 0) is 25.3 Å². The maximum atomic E-state index is 12.3. The van der Waals surface area contributed by atoms with Gasteiger partial charge in [-0.3, -0.25) is 9.59 Å². The van der Waals surface area contributed by atoms with Gasteiger partial charge in [-0.2, -0.15) is 0 Å². The van der Waals surface area contributed by atoms with Crippen molar-refractivity contribution in [2.75, 3.05) is 26.2 Å². The average molecular weight is 414 g/mol. The number of carbonyl (C=O) groups excluding carboxylic acids is 3. The molecule has 2 amide bonds. The third kappa shape index (κ3) is 7.36. The SMILES string of the molecule is CCOC(=O)[C@@H](N)CNC(=O)[C@@H]1CCCN(C(=O)OCc2ccccc2)C1.Cl. The maximum Gasteiger partial charge on any atom is 0.410 e. The number of esters is 1. The minimum atomic E-state index is -0.899. The molecule has 156 valence electrons. The maximum absolute atomic E-state index is 12.3. The number of amides is 2. The number of carbonyl (C=O) groups is 3. The van der Waals surface area contributed by atoms with Gasteiger partial charge in [-0.25, -0.2) is 4.79 Å². The first-order valence-corrected chi connectivity index (χ1v) is 9.16. The number of likely N-dealkylation sites (tertiary alicyclic amines) is 1. The zero-order chi connectivity index (χ0) is 19.6. The normalized spacial score (nSPS) is 17.1. The topological polar surface area (TPSA) is 111 Å². The van der Waals surface area contributed by atoms with Gasteiger partial charge in [0.05, 0.1) is 12.5 Å². The lowest BCUT2D eigenvalue weighted by atomic mass is 9.97. The molecule has 0 unspecified atom stereocenters. The highest BCUT2D eigenvalue weighted by Crippen LogP contribution is 2.18.